The van der Waals surface area contributed by atoms with Gasteiger partial charge in [-0.3, -0.25) is 0 Å². The average molecular weight is 146 g/mol. The summed E-state index contributed by atoms with van der Waals surface area (Å²) >= 11 is 0. The van der Waals surface area contributed by atoms with Crippen LogP contribution in [0.1, 0.15) is 40.0 Å². The van der Waals surface area contributed by atoms with Crippen LogP contribution in [0.4, 0.5) is 0 Å². The Morgan fingerprint density at radius 3 is 1.70 bits per heavy atom. The molecule has 0 saturated carbocycles. The molecule has 10 heavy (non-hydrogen) atoms. The SMILES string of the molecule is CC(C)N.CCCCCN. The first-order valence-corrected chi connectivity index (χ1v) is 4.10. The molecule has 0 aliphatic heterocycles. The smallest absolute Gasteiger partial charge is 0.00179 e. The molecule has 0 aromatic carbocycles. The molecule has 0 aromatic rings. The van der Waals surface area contributed by atoms with Crippen LogP contribution in [0.15, 0.2) is 0 Å². The number of nitrogens with two attached hydrogens (primary N) is 2. The summed E-state index contributed by atoms with van der Waals surface area (Å²) in [5.41, 5.74) is 10.3. The highest BCUT2D eigenvalue weighted by Crippen LogP contribution is 1.88. The van der Waals surface area contributed by atoms with Crippen LogP contribution in [0.25, 0.3) is 0 Å². The maximum absolute atomic E-state index is 5.21. The van der Waals surface area contributed by atoms with E-state index in [1.807, 2.05) is 13.8 Å². The minimum absolute atomic E-state index is 0.333. The molecule has 2 heteroatoms. The van der Waals surface area contributed by atoms with E-state index in [4.69, 9.17) is 11.5 Å². The Morgan fingerprint density at radius 2 is 1.60 bits per heavy atom. The van der Waals surface area contributed by atoms with Crippen molar-refractivity contribution in [1.29, 1.82) is 0 Å². The minimum atomic E-state index is 0.333. The van der Waals surface area contributed by atoms with Gasteiger partial charge < -0.3 is 11.5 Å². The van der Waals surface area contributed by atoms with Gasteiger partial charge in [0.2, 0.25) is 0 Å². The largest absolute Gasteiger partial charge is 0.330 e. The minimum Gasteiger partial charge on any atom is -0.330 e. The van der Waals surface area contributed by atoms with E-state index in [1.54, 1.807) is 0 Å². The van der Waals surface area contributed by atoms with Gasteiger partial charge in [0, 0.05) is 0 Å². The van der Waals surface area contributed by atoms with Gasteiger partial charge >= 0.3 is 0 Å². The van der Waals surface area contributed by atoms with E-state index in [2.05, 4.69) is 6.92 Å². The summed E-state index contributed by atoms with van der Waals surface area (Å²) in [6.45, 7) is 6.92. The van der Waals surface area contributed by atoms with E-state index in [0.717, 1.165) is 6.54 Å². The molecule has 0 atom stereocenters. The van der Waals surface area contributed by atoms with Gasteiger partial charge in [-0.2, -0.15) is 0 Å². The van der Waals surface area contributed by atoms with Gasteiger partial charge in [-0.15, -0.1) is 0 Å². The molecule has 0 rings (SSSR count). The van der Waals surface area contributed by atoms with Crippen LogP contribution >= 0.6 is 0 Å². The molecular formula is C8H22N2. The fourth-order valence-corrected chi connectivity index (χ4v) is 0.394. The summed E-state index contributed by atoms with van der Waals surface area (Å²) in [4.78, 5) is 0. The Morgan fingerprint density at radius 1 is 1.20 bits per heavy atom. The van der Waals surface area contributed by atoms with Crippen LogP contribution in [0.2, 0.25) is 0 Å². The van der Waals surface area contributed by atoms with E-state index in [0.29, 0.717) is 6.04 Å². The lowest BCUT2D eigenvalue weighted by atomic mass is 10.3. The molecule has 0 aliphatic carbocycles. The monoisotopic (exact) mass is 146 g/mol. The van der Waals surface area contributed by atoms with E-state index < -0.39 is 0 Å². The number of unbranched alkanes of at least 4 members (excludes halogenated alkanes) is 2. The molecule has 0 amide bonds. The third-order valence-corrected chi connectivity index (χ3v) is 0.808. The summed E-state index contributed by atoms with van der Waals surface area (Å²) in [7, 11) is 0. The number of hydrogen-bond acceptors (Lipinski definition) is 2. The predicted octanol–water partition coefficient (Wildman–Crippen LogP) is 1.49. The fraction of sp³-hybridized carbons (Fsp3) is 1.00. The number of hydrogen-bond donors (Lipinski definition) is 2. The van der Waals surface area contributed by atoms with Crippen LogP contribution in [-0.2, 0) is 0 Å². The third kappa shape index (κ3) is 44.5. The maximum atomic E-state index is 5.21. The van der Waals surface area contributed by atoms with Crippen LogP contribution in [-0.4, -0.2) is 12.6 Å². The Kier molecular flexibility index (Phi) is 14.7. The van der Waals surface area contributed by atoms with Gasteiger partial charge in [0.15, 0.2) is 0 Å². The Bertz CT molecular complexity index is 37.8. The van der Waals surface area contributed by atoms with Crippen molar-refractivity contribution in [3.05, 3.63) is 0 Å². The average Bonchev–Trinajstić information content (AvgIpc) is 1.82. The molecule has 0 spiro atoms. The topological polar surface area (TPSA) is 52.0 Å². The summed E-state index contributed by atoms with van der Waals surface area (Å²) in [6.07, 6.45) is 3.75. The van der Waals surface area contributed by atoms with Gasteiger partial charge in [-0.1, -0.05) is 33.6 Å². The first-order chi connectivity index (χ1) is 4.65. The predicted molar refractivity (Wildman–Crippen MR) is 47.9 cm³/mol. The van der Waals surface area contributed by atoms with Gasteiger partial charge in [0.05, 0.1) is 0 Å². The van der Waals surface area contributed by atoms with Crippen molar-refractivity contribution in [2.75, 3.05) is 6.54 Å². The molecule has 64 valence electrons. The highest BCUT2D eigenvalue weighted by Gasteiger charge is 1.75. The summed E-state index contributed by atoms with van der Waals surface area (Å²) < 4.78 is 0. The first-order valence-electron chi connectivity index (χ1n) is 4.10. The van der Waals surface area contributed by atoms with E-state index in [9.17, 15) is 0 Å². The van der Waals surface area contributed by atoms with Crippen molar-refractivity contribution in [1.82, 2.24) is 0 Å². The molecule has 2 nitrogen and oxygen atoms in total. The standard InChI is InChI=1S/C5H13N.C3H9N/c1-2-3-4-5-6;1-3(2)4/h2-6H2,1H3;3H,4H2,1-2H3. The van der Waals surface area contributed by atoms with Gasteiger partial charge in [-0.05, 0) is 19.0 Å². The fourth-order valence-electron chi connectivity index (χ4n) is 0.394. The zero-order chi connectivity index (χ0) is 8.41. The zero-order valence-electron chi connectivity index (χ0n) is 7.56. The highest BCUT2D eigenvalue weighted by molar-refractivity contribution is 4.35. The van der Waals surface area contributed by atoms with E-state index >= 15 is 0 Å². The van der Waals surface area contributed by atoms with Crippen molar-refractivity contribution in [2.45, 2.75) is 46.1 Å². The lowest BCUT2D eigenvalue weighted by Crippen LogP contribution is -2.06. The van der Waals surface area contributed by atoms with Gasteiger partial charge in [0.1, 0.15) is 0 Å². The molecule has 0 unspecified atom stereocenters. The van der Waals surface area contributed by atoms with Crippen molar-refractivity contribution in [2.24, 2.45) is 11.5 Å². The maximum Gasteiger partial charge on any atom is -0.00179 e. The molecule has 0 bridgehead atoms. The van der Waals surface area contributed by atoms with Crippen LogP contribution in [0.5, 0.6) is 0 Å². The van der Waals surface area contributed by atoms with Crippen molar-refractivity contribution < 1.29 is 0 Å². The molecular weight excluding hydrogens is 124 g/mol. The molecule has 4 N–H and O–H groups in total. The van der Waals surface area contributed by atoms with Crippen molar-refractivity contribution in [3.63, 3.8) is 0 Å². The van der Waals surface area contributed by atoms with Crippen molar-refractivity contribution in [3.8, 4) is 0 Å². The van der Waals surface area contributed by atoms with E-state index in [-0.39, 0.29) is 0 Å². The van der Waals surface area contributed by atoms with Crippen LogP contribution in [0, 0.1) is 0 Å². The first kappa shape index (κ1) is 12.6. The molecule has 0 fully saturated rings. The van der Waals surface area contributed by atoms with E-state index in [1.165, 1.54) is 19.3 Å². The molecule has 0 heterocycles. The lowest BCUT2D eigenvalue weighted by molar-refractivity contribution is 0.727. The van der Waals surface area contributed by atoms with Crippen molar-refractivity contribution >= 4 is 0 Å². The highest BCUT2D eigenvalue weighted by atomic mass is 14.6. The number of rotatable bonds is 3. The normalized spacial score (nSPS) is 9.00. The van der Waals surface area contributed by atoms with Crippen LogP contribution < -0.4 is 11.5 Å². The Hall–Kier alpha value is -0.0800. The Balaban J connectivity index is 0. The third-order valence-electron chi connectivity index (χ3n) is 0.808. The molecule has 0 aromatic heterocycles. The molecule has 0 aliphatic rings. The molecule has 0 saturated heterocycles. The van der Waals surface area contributed by atoms with Gasteiger partial charge in [0.25, 0.3) is 0 Å². The summed E-state index contributed by atoms with van der Waals surface area (Å²) in [6, 6.07) is 0.333. The Labute approximate surface area is 65.0 Å². The summed E-state index contributed by atoms with van der Waals surface area (Å²) in [5.74, 6) is 0. The van der Waals surface area contributed by atoms with Gasteiger partial charge in [-0.25, -0.2) is 0 Å². The van der Waals surface area contributed by atoms with Crippen LogP contribution in [0.3, 0.4) is 0 Å². The second kappa shape index (κ2) is 11.7. The second-order valence-electron chi connectivity index (χ2n) is 2.74. The second-order valence-corrected chi connectivity index (χ2v) is 2.74. The summed E-state index contributed by atoms with van der Waals surface area (Å²) in [5, 5.41) is 0. The molecule has 0 radical (unpaired) electrons. The zero-order valence-corrected chi connectivity index (χ0v) is 7.56. The quantitative estimate of drug-likeness (QED) is 0.593. The lowest BCUT2D eigenvalue weighted by Gasteiger charge is -1.86.